The van der Waals surface area contributed by atoms with Crippen LogP contribution in [0.3, 0.4) is 0 Å². The van der Waals surface area contributed by atoms with Crippen LogP contribution in [-0.2, 0) is 6.61 Å². The summed E-state index contributed by atoms with van der Waals surface area (Å²) in [6.45, 7) is 4.76. The minimum Gasteiger partial charge on any atom is -0.489 e. The third-order valence-electron chi connectivity index (χ3n) is 2.86. The van der Waals surface area contributed by atoms with E-state index in [9.17, 15) is 0 Å². The molecule has 0 aliphatic rings. The second-order valence-corrected chi connectivity index (χ2v) is 4.28. The molecule has 0 saturated carbocycles. The maximum Gasteiger partial charge on any atom is 0.120 e. The molecule has 0 fully saturated rings. The first-order chi connectivity index (χ1) is 8.15. The molecule has 17 heavy (non-hydrogen) atoms. The third kappa shape index (κ3) is 3.00. The zero-order valence-corrected chi connectivity index (χ0v) is 10.2. The second kappa shape index (κ2) is 4.91. The number of nitrogen functional groups attached to an aromatic ring is 1. The summed E-state index contributed by atoms with van der Waals surface area (Å²) < 4.78 is 5.73. The maximum absolute atomic E-state index is 5.73. The molecule has 0 unspecified atom stereocenters. The van der Waals surface area contributed by atoms with Crippen molar-refractivity contribution >= 4 is 5.69 Å². The van der Waals surface area contributed by atoms with Crippen LogP contribution in [0.2, 0.25) is 0 Å². The smallest absolute Gasteiger partial charge is 0.120 e. The van der Waals surface area contributed by atoms with Crippen LogP contribution in [0.15, 0.2) is 42.5 Å². The average molecular weight is 227 g/mol. The number of anilines is 1. The highest BCUT2D eigenvalue weighted by molar-refractivity contribution is 5.39. The van der Waals surface area contributed by atoms with Crippen LogP contribution in [0.25, 0.3) is 0 Å². The van der Waals surface area contributed by atoms with Crippen molar-refractivity contribution in [3.05, 3.63) is 59.2 Å². The molecule has 0 aliphatic heterocycles. The first kappa shape index (κ1) is 11.5. The fraction of sp³-hybridized carbons (Fsp3) is 0.200. The van der Waals surface area contributed by atoms with Gasteiger partial charge in [0.15, 0.2) is 0 Å². The first-order valence-electron chi connectivity index (χ1n) is 5.69. The molecule has 0 saturated heterocycles. The van der Waals surface area contributed by atoms with Gasteiger partial charge in [0.1, 0.15) is 12.4 Å². The van der Waals surface area contributed by atoms with Gasteiger partial charge >= 0.3 is 0 Å². The minimum absolute atomic E-state index is 0.572. The van der Waals surface area contributed by atoms with Gasteiger partial charge in [0.25, 0.3) is 0 Å². The maximum atomic E-state index is 5.73. The quantitative estimate of drug-likeness (QED) is 0.815. The van der Waals surface area contributed by atoms with Crippen molar-refractivity contribution in [1.29, 1.82) is 0 Å². The van der Waals surface area contributed by atoms with E-state index in [1.807, 2.05) is 30.3 Å². The lowest BCUT2D eigenvalue weighted by Gasteiger charge is -2.08. The number of ether oxygens (including phenoxy) is 1. The zero-order valence-electron chi connectivity index (χ0n) is 10.2. The fourth-order valence-corrected chi connectivity index (χ4v) is 1.58. The Labute approximate surface area is 102 Å². The fourth-order valence-electron chi connectivity index (χ4n) is 1.58. The predicted molar refractivity (Wildman–Crippen MR) is 71.1 cm³/mol. The molecule has 88 valence electrons. The van der Waals surface area contributed by atoms with Gasteiger partial charge in [-0.2, -0.15) is 0 Å². The van der Waals surface area contributed by atoms with Gasteiger partial charge < -0.3 is 10.5 Å². The molecular formula is C15H17NO. The molecule has 2 rings (SSSR count). The number of benzene rings is 2. The van der Waals surface area contributed by atoms with Crippen molar-refractivity contribution in [2.24, 2.45) is 0 Å². The standard InChI is InChI=1S/C15H17NO/c1-11-3-8-15(9-12(11)2)17-10-13-4-6-14(16)7-5-13/h3-9H,10,16H2,1-2H3. The van der Waals surface area contributed by atoms with Gasteiger partial charge in [0, 0.05) is 5.69 Å². The SMILES string of the molecule is Cc1ccc(OCc2ccc(N)cc2)cc1C. The van der Waals surface area contributed by atoms with Crippen molar-refractivity contribution in [3.63, 3.8) is 0 Å². The second-order valence-electron chi connectivity index (χ2n) is 4.28. The van der Waals surface area contributed by atoms with Gasteiger partial charge in [-0.3, -0.25) is 0 Å². The molecule has 2 heteroatoms. The highest BCUT2D eigenvalue weighted by Crippen LogP contribution is 2.18. The molecule has 2 nitrogen and oxygen atoms in total. The molecule has 0 bridgehead atoms. The van der Waals surface area contributed by atoms with Gasteiger partial charge in [-0.1, -0.05) is 18.2 Å². The Balaban J connectivity index is 2.02. The molecule has 2 N–H and O–H groups in total. The summed E-state index contributed by atoms with van der Waals surface area (Å²) >= 11 is 0. The summed E-state index contributed by atoms with van der Waals surface area (Å²) in [5, 5.41) is 0. The molecule has 0 atom stereocenters. The van der Waals surface area contributed by atoms with E-state index < -0.39 is 0 Å². The lowest BCUT2D eigenvalue weighted by atomic mass is 10.1. The van der Waals surface area contributed by atoms with Crippen LogP contribution in [0, 0.1) is 13.8 Å². The molecule has 0 heterocycles. The Morgan fingerprint density at radius 2 is 1.65 bits per heavy atom. The van der Waals surface area contributed by atoms with Crippen LogP contribution in [0.5, 0.6) is 5.75 Å². The Bertz CT molecular complexity index is 503. The number of hydrogen-bond acceptors (Lipinski definition) is 2. The van der Waals surface area contributed by atoms with Crippen LogP contribution in [-0.4, -0.2) is 0 Å². The number of hydrogen-bond donors (Lipinski definition) is 1. The number of nitrogens with two attached hydrogens (primary N) is 1. The van der Waals surface area contributed by atoms with E-state index in [1.54, 1.807) is 0 Å². The predicted octanol–water partition coefficient (Wildman–Crippen LogP) is 3.46. The van der Waals surface area contributed by atoms with Crippen LogP contribution < -0.4 is 10.5 Å². The van der Waals surface area contributed by atoms with E-state index in [0.29, 0.717) is 6.61 Å². The summed E-state index contributed by atoms with van der Waals surface area (Å²) in [5.74, 6) is 0.907. The van der Waals surface area contributed by atoms with Gasteiger partial charge in [-0.05, 0) is 54.8 Å². The summed E-state index contributed by atoms with van der Waals surface area (Å²) in [6, 6.07) is 13.9. The molecule has 0 aliphatic carbocycles. The Morgan fingerprint density at radius 1 is 0.941 bits per heavy atom. The molecule has 2 aromatic rings. The largest absolute Gasteiger partial charge is 0.489 e. The normalized spacial score (nSPS) is 10.2. The van der Waals surface area contributed by atoms with E-state index in [4.69, 9.17) is 10.5 Å². The van der Waals surface area contributed by atoms with Gasteiger partial charge in [0.05, 0.1) is 0 Å². The van der Waals surface area contributed by atoms with Crippen molar-refractivity contribution in [3.8, 4) is 5.75 Å². The molecule has 0 aromatic heterocycles. The molecule has 0 spiro atoms. The van der Waals surface area contributed by atoms with Crippen LogP contribution >= 0.6 is 0 Å². The summed E-state index contributed by atoms with van der Waals surface area (Å²) in [6.07, 6.45) is 0. The van der Waals surface area contributed by atoms with Crippen molar-refractivity contribution in [1.82, 2.24) is 0 Å². The van der Waals surface area contributed by atoms with Gasteiger partial charge in [0.2, 0.25) is 0 Å². The monoisotopic (exact) mass is 227 g/mol. The van der Waals surface area contributed by atoms with E-state index in [0.717, 1.165) is 17.0 Å². The zero-order chi connectivity index (χ0) is 12.3. The lowest BCUT2D eigenvalue weighted by Crippen LogP contribution is -1.96. The number of aryl methyl sites for hydroxylation is 2. The summed E-state index contributed by atoms with van der Waals surface area (Å²) in [7, 11) is 0. The van der Waals surface area contributed by atoms with Gasteiger partial charge in [-0.15, -0.1) is 0 Å². The molecule has 2 aromatic carbocycles. The average Bonchev–Trinajstić information content (AvgIpc) is 2.33. The lowest BCUT2D eigenvalue weighted by molar-refractivity contribution is 0.306. The Hall–Kier alpha value is -1.96. The van der Waals surface area contributed by atoms with Crippen molar-refractivity contribution < 1.29 is 4.74 Å². The van der Waals surface area contributed by atoms with Crippen LogP contribution in [0.4, 0.5) is 5.69 Å². The molecule has 0 radical (unpaired) electrons. The van der Waals surface area contributed by atoms with E-state index in [-0.39, 0.29) is 0 Å². The Morgan fingerprint density at radius 3 is 2.29 bits per heavy atom. The van der Waals surface area contributed by atoms with E-state index in [1.165, 1.54) is 11.1 Å². The number of rotatable bonds is 3. The molecule has 0 amide bonds. The van der Waals surface area contributed by atoms with E-state index >= 15 is 0 Å². The van der Waals surface area contributed by atoms with E-state index in [2.05, 4.69) is 26.0 Å². The Kier molecular flexibility index (Phi) is 3.33. The minimum atomic E-state index is 0.572. The highest BCUT2D eigenvalue weighted by atomic mass is 16.5. The summed E-state index contributed by atoms with van der Waals surface area (Å²) in [5.41, 5.74) is 10.1. The first-order valence-corrected chi connectivity index (χ1v) is 5.69. The topological polar surface area (TPSA) is 35.2 Å². The summed E-state index contributed by atoms with van der Waals surface area (Å²) in [4.78, 5) is 0. The molecular weight excluding hydrogens is 210 g/mol. The van der Waals surface area contributed by atoms with Crippen molar-refractivity contribution in [2.75, 3.05) is 5.73 Å². The van der Waals surface area contributed by atoms with Crippen LogP contribution in [0.1, 0.15) is 16.7 Å². The van der Waals surface area contributed by atoms with Gasteiger partial charge in [-0.25, -0.2) is 0 Å². The van der Waals surface area contributed by atoms with Crippen molar-refractivity contribution in [2.45, 2.75) is 20.5 Å². The highest BCUT2D eigenvalue weighted by Gasteiger charge is 1.98. The third-order valence-corrected chi connectivity index (χ3v) is 2.86.